The number of anilines is 1. The molecule has 2 amide bonds. The molecular formula is C27H28N2O4. The van der Waals surface area contributed by atoms with Crippen LogP contribution in [0.1, 0.15) is 34.0 Å². The van der Waals surface area contributed by atoms with Crippen LogP contribution in [0.5, 0.6) is 11.5 Å². The van der Waals surface area contributed by atoms with Crippen LogP contribution in [0.2, 0.25) is 0 Å². The van der Waals surface area contributed by atoms with Gasteiger partial charge in [0.25, 0.3) is 5.91 Å². The monoisotopic (exact) mass is 444 g/mol. The number of fused-ring (bicyclic) bond motifs is 1. The van der Waals surface area contributed by atoms with Crippen LogP contribution in [-0.2, 0) is 24.2 Å². The van der Waals surface area contributed by atoms with Gasteiger partial charge in [0.15, 0.2) is 0 Å². The molecule has 4 rings (SSSR count). The summed E-state index contributed by atoms with van der Waals surface area (Å²) >= 11 is 0. The summed E-state index contributed by atoms with van der Waals surface area (Å²) in [5.74, 6) is 1.39. The van der Waals surface area contributed by atoms with Gasteiger partial charge in [-0.25, -0.2) is 0 Å². The van der Waals surface area contributed by atoms with Crippen molar-refractivity contribution in [3.05, 3.63) is 89.0 Å². The Morgan fingerprint density at radius 2 is 1.52 bits per heavy atom. The fourth-order valence-corrected chi connectivity index (χ4v) is 4.14. The topological polar surface area (TPSA) is 67.9 Å². The summed E-state index contributed by atoms with van der Waals surface area (Å²) in [6.07, 6.45) is 1.11. The van der Waals surface area contributed by atoms with E-state index < -0.39 is 0 Å². The van der Waals surface area contributed by atoms with Gasteiger partial charge in [-0.05, 0) is 72.5 Å². The predicted octanol–water partition coefficient (Wildman–Crippen LogP) is 4.15. The normalized spacial score (nSPS) is 14.5. The van der Waals surface area contributed by atoms with Gasteiger partial charge in [0, 0.05) is 23.8 Å². The Morgan fingerprint density at radius 3 is 2.15 bits per heavy atom. The highest BCUT2D eigenvalue weighted by atomic mass is 16.5. The van der Waals surface area contributed by atoms with Crippen molar-refractivity contribution in [3.8, 4) is 11.5 Å². The number of hydrogen-bond donors (Lipinski definition) is 1. The molecule has 1 heterocycles. The Kier molecular flexibility index (Phi) is 6.63. The van der Waals surface area contributed by atoms with Crippen molar-refractivity contribution in [2.24, 2.45) is 0 Å². The lowest BCUT2D eigenvalue weighted by atomic mass is 10.1. The van der Waals surface area contributed by atoms with Crippen molar-refractivity contribution in [3.63, 3.8) is 0 Å². The zero-order valence-corrected chi connectivity index (χ0v) is 19.1. The van der Waals surface area contributed by atoms with Crippen molar-refractivity contribution in [1.82, 2.24) is 5.32 Å². The largest absolute Gasteiger partial charge is 0.497 e. The molecule has 0 spiro atoms. The number of methoxy groups -OCH3 is 2. The zero-order chi connectivity index (χ0) is 23.4. The third-order valence-corrected chi connectivity index (χ3v) is 5.93. The minimum Gasteiger partial charge on any atom is -0.497 e. The van der Waals surface area contributed by atoms with Gasteiger partial charge in [0.05, 0.1) is 20.6 Å². The summed E-state index contributed by atoms with van der Waals surface area (Å²) < 4.78 is 10.4. The molecule has 1 atom stereocenters. The van der Waals surface area contributed by atoms with Crippen LogP contribution in [0.4, 0.5) is 5.69 Å². The van der Waals surface area contributed by atoms with Gasteiger partial charge in [0.2, 0.25) is 5.91 Å². The van der Waals surface area contributed by atoms with Crippen LogP contribution >= 0.6 is 0 Å². The molecule has 1 N–H and O–H groups in total. The minimum atomic E-state index is -0.0554. The van der Waals surface area contributed by atoms with Crippen molar-refractivity contribution >= 4 is 17.5 Å². The summed E-state index contributed by atoms with van der Waals surface area (Å²) in [5, 5.41) is 2.98. The first-order valence-electron chi connectivity index (χ1n) is 11.0. The maximum absolute atomic E-state index is 13.3. The summed E-state index contributed by atoms with van der Waals surface area (Å²) in [6, 6.07) is 20.8. The van der Waals surface area contributed by atoms with E-state index in [1.54, 1.807) is 38.5 Å². The Morgan fingerprint density at radius 1 is 0.909 bits per heavy atom. The molecule has 6 heteroatoms. The number of nitrogens with zero attached hydrogens (tertiary/aromatic N) is 1. The van der Waals surface area contributed by atoms with E-state index in [1.165, 1.54) is 0 Å². The molecular weight excluding hydrogens is 416 g/mol. The molecule has 0 saturated heterocycles. The lowest BCUT2D eigenvalue weighted by Crippen LogP contribution is -2.35. The van der Waals surface area contributed by atoms with Crippen molar-refractivity contribution < 1.29 is 19.1 Å². The number of rotatable bonds is 7. The number of amides is 2. The highest BCUT2D eigenvalue weighted by Gasteiger charge is 2.31. The fraction of sp³-hybridized carbons (Fsp3) is 0.259. The van der Waals surface area contributed by atoms with E-state index in [0.717, 1.165) is 34.5 Å². The number of hydrogen-bond acceptors (Lipinski definition) is 4. The molecule has 0 bridgehead atoms. The molecule has 0 aromatic heterocycles. The Bertz CT molecular complexity index is 1140. The van der Waals surface area contributed by atoms with E-state index in [9.17, 15) is 9.59 Å². The number of carbonyl (C=O) groups is 2. The van der Waals surface area contributed by atoms with Gasteiger partial charge in [-0.1, -0.05) is 24.3 Å². The van der Waals surface area contributed by atoms with Crippen LogP contribution in [0.25, 0.3) is 0 Å². The molecule has 1 aliphatic rings. The van der Waals surface area contributed by atoms with Crippen LogP contribution in [-0.4, -0.2) is 32.1 Å². The van der Waals surface area contributed by atoms with Crippen molar-refractivity contribution in [1.29, 1.82) is 0 Å². The number of carbonyl (C=O) groups excluding carboxylic acids is 2. The third-order valence-electron chi connectivity index (χ3n) is 5.93. The van der Waals surface area contributed by atoms with Gasteiger partial charge in [-0.3, -0.25) is 9.59 Å². The molecule has 1 aliphatic heterocycles. The van der Waals surface area contributed by atoms with Crippen LogP contribution in [0.3, 0.4) is 0 Å². The van der Waals surface area contributed by atoms with Crippen LogP contribution in [0, 0.1) is 0 Å². The standard InChI is InChI=1S/C27H28N2O4/c1-18-14-22-7-4-20(17-28-26(30)16-19-5-10-23(32-2)11-6-19)15-25(22)29(18)27(31)21-8-12-24(33-3)13-9-21/h4-13,15,18H,14,16-17H2,1-3H3,(H,28,30)/t18-/m1/s1. The smallest absolute Gasteiger partial charge is 0.258 e. The van der Waals surface area contributed by atoms with Gasteiger partial charge >= 0.3 is 0 Å². The van der Waals surface area contributed by atoms with E-state index in [4.69, 9.17) is 9.47 Å². The second kappa shape index (κ2) is 9.77. The SMILES string of the molecule is COc1ccc(CC(=O)NCc2ccc3c(c2)N(C(=O)c2ccc(OC)cc2)[C@H](C)C3)cc1. The summed E-state index contributed by atoms with van der Waals surface area (Å²) in [4.78, 5) is 27.5. The molecule has 0 radical (unpaired) electrons. The maximum Gasteiger partial charge on any atom is 0.258 e. The first-order valence-corrected chi connectivity index (χ1v) is 11.0. The Balaban J connectivity index is 1.44. The minimum absolute atomic E-state index is 0.0374. The lowest BCUT2D eigenvalue weighted by Gasteiger charge is -2.23. The Labute approximate surface area is 194 Å². The molecule has 0 unspecified atom stereocenters. The van der Waals surface area contributed by atoms with E-state index in [1.807, 2.05) is 41.3 Å². The van der Waals surface area contributed by atoms with Gasteiger partial charge in [-0.15, -0.1) is 0 Å². The average molecular weight is 445 g/mol. The Hall–Kier alpha value is -3.80. The number of benzene rings is 3. The molecule has 0 aliphatic carbocycles. The first kappa shape index (κ1) is 22.4. The van der Waals surface area contributed by atoms with Crippen LogP contribution < -0.4 is 19.7 Å². The highest BCUT2D eigenvalue weighted by molar-refractivity contribution is 6.07. The van der Waals surface area contributed by atoms with E-state index >= 15 is 0 Å². The second-order valence-electron chi connectivity index (χ2n) is 8.22. The maximum atomic E-state index is 13.3. The molecule has 6 nitrogen and oxygen atoms in total. The van der Waals surface area contributed by atoms with E-state index in [0.29, 0.717) is 24.3 Å². The quantitative estimate of drug-likeness (QED) is 0.594. The number of nitrogens with one attached hydrogen (secondary N) is 1. The lowest BCUT2D eigenvalue weighted by molar-refractivity contribution is -0.120. The van der Waals surface area contributed by atoms with Crippen molar-refractivity contribution in [2.75, 3.05) is 19.1 Å². The van der Waals surface area contributed by atoms with E-state index in [2.05, 4.69) is 18.3 Å². The van der Waals surface area contributed by atoms with Gasteiger partial charge in [0.1, 0.15) is 11.5 Å². The van der Waals surface area contributed by atoms with Crippen LogP contribution in [0.15, 0.2) is 66.7 Å². The molecule has 3 aromatic rings. The highest BCUT2D eigenvalue weighted by Crippen LogP contribution is 2.34. The van der Waals surface area contributed by atoms with Gasteiger partial charge in [-0.2, -0.15) is 0 Å². The second-order valence-corrected chi connectivity index (χ2v) is 8.22. The average Bonchev–Trinajstić information content (AvgIpc) is 3.17. The molecule has 0 fully saturated rings. The molecule has 33 heavy (non-hydrogen) atoms. The molecule has 3 aromatic carbocycles. The fourth-order valence-electron chi connectivity index (χ4n) is 4.14. The summed E-state index contributed by atoms with van der Waals surface area (Å²) in [6.45, 7) is 2.46. The molecule has 170 valence electrons. The van der Waals surface area contributed by atoms with E-state index in [-0.39, 0.29) is 17.9 Å². The summed E-state index contributed by atoms with van der Waals surface area (Å²) in [7, 11) is 3.22. The number of ether oxygens (including phenoxy) is 2. The van der Waals surface area contributed by atoms with Crippen molar-refractivity contribution in [2.45, 2.75) is 32.4 Å². The summed E-state index contributed by atoms with van der Waals surface area (Å²) in [5.41, 5.74) is 4.54. The predicted molar refractivity (Wildman–Crippen MR) is 128 cm³/mol. The third kappa shape index (κ3) is 5.00. The first-order chi connectivity index (χ1) is 16.0. The molecule has 0 saturated carbocycles. The zero-order valence-electron chi connectivity index (χ0n) is 19.1. The van der Waals surface area contributed by atoms with Gasteiger partial charge < -0.3 is 19.7 Å².